The third-order valence-electron chi connectivity index (χ3n) is 6.42. The maximum atomic E-state index is 13.0. The highest BCUT2D eigenvalue weighted by Crippen LogP contribution is 2.55. The second-order valence-electron chi connectivity index (χ2n) is 8.62. The molecule has 2 aliphatic heterocycles. The summed E-state index contributed by atoms with van der Waals surface area (Å²) in [6, 6.07) is 12.4. The zero-order chi connectivity index (χ0) is 22.2. The molecule has 2 aromatic rings. The van der Waals surface area contributed by atoms with Crippen molar-refractivity contribution in [3.05, 3.63) is 53.1 Å². The largest absolute Gasteiger partial charge is 0.493 e. The summed E-state index contributed by atoms with van der Waals surface area (Å²) in [6.07, 6.45) is 0.267. The lowest BCUT2D eigenvalue weighted by molar-refractivity contribution is 0.131. The minimum absolute atomic E-state index is 0.130. The van der Waals surface area contributed by atoms with Gasteiger partial charge in [-0.05, 0) is 37.1 Å². The van der Waals surface area contributed by atoms with Crippen molar-refractivity contribution in [2.24, 2.45) is 5.92 Å². The minimum Gasteiger partial charge on any atom is -0.493 e. The summed E-state index contributed by atoms with van der Waals surface area (Å²) >= 11 is 0. The number of rotatable bonds is 7. The highest BCUT2D eigenvalue weighted by molar-refractivity contribution is 7.53. The molecule has 0 spiro atoms. The summed E-state index contributed by atoms with van der Waals surface area (Å²) in [6.45, 7) is 9.50. The maximum absolute atomic E-state index is 13.0. The van der Waals surface area contributed by atoms with Crippen molar-refractivity contribution >= 4 is 13.3 Å². The Labute approximate surface area is 184 Å². The van der Waals surface area contributed by atoms with Crippen molar-refractivity contribution in [3.8, 4) is 11.5 Å². The average Bonchev–Trinajstić information content (AvgIpc) is 2.74. The molecule has 0 amide bonds. The van der Waals surface area contributed by atoms with Crippen LogP contribution < -0.4 is 14.8 Å². The van der Waals surface area contributed by atoms with Gasteiger partial charge in [0.1, 0.15) is 0 Å². The lowest BCUT2D eigenvalue weighted by Crippen LogP contribution is -2.46. The first-order valence-electron chi connectivity index (χ1n) is 10.9. The molecule has 2 aromatic carbocycles. The highest BCUT2D eigenvalue weighted by Gasteiger charge is 2.47. The van der Waals surface area contributed by atoms with Gasteiger partial charge in [-0.1, -0.05) is 38.1 Å². The van der Waals surface area contributed by atoms with E-state index in [0.29, 0.717) is 19.8 Å². The molecule has 0 bridgehead atoms. The summed E-state index contributed by atoms with van der Waals surface area (Å²) in [5, 5.41) is 3.74. The second-order valence-corrected chi connectivity index (χ2v) is 10.7. The molecule has 31 heavy (non-hydrogen) atoms. The smallest absolute Gasteiger partial charge is 0.335 e. The van der Waals surface area contributed by atoms with Gasteiger partial charge in [-0.15, -0.1) is 0 Å². The Morgan fingerprint density at radius 2 is 1.90 bits per heavy atom. The number of hydrogen-bond donors (Lipinski definition) is 1. The van der Waals surface area contributed by atoms with Crippen molar-refractivity contribution < 1.29 is 23.1 Å². The Balaban J connectivity index is 1.70. The number of benzene rings is 2. The average molecular weight is 445 g/mol. The van der Waals surface area contributed by atoms with Crippen LogP contribution in [0.2, 0.25) is 0 Å². The highest BCUT2D eigenvalue weighted by atomic mass is 31.2. The van der Waals surface area contributed by atoms with E-state index >= 15 is 0 Å². The molecule has 0 fully saturated rings. The van der Waals surface area contributed by atoms with E-state index in [-0.39, 0.29) is 23.5 Å². The fraction of sp³-hybridized carbons (Fsp3) is 0.500. The molecular weight excluding hydrogens is 413 g/mol. The molecule has 7 heteroatoms. The molecule has 0 unspecified atom stereocenters. The van der Waals surface area contributed by atoms with Gasteiger partial charge in [0.2, 0.25) is 0 Å². The van der Waals surface area contributed by atoms with E-state index in [1.807, 2.05) is 32.0 Å². The van der Waals surface area contributed by atoms with Crippen LogP contribution in [0.15, 0.2) is 36.4 Å². The first-order valence-corrected chi connectivity index (χ1v) is 12.6. The van der Waals surface area contributed by atoms with E-state index in [1.54, 1.807) is 7.11 Å². The molecule has 0 aliphatic carbocycles. The van der Waals surface area contributed by atoms with Crippen molar-refractivity contribution in [2.75, 3.05) is 32.2 Å². The first kappa shape index (κ1) is 22.2. The number of para-hydroxylation sites is 1. The Kier molecular flexibility index (Phi) is 6.08. The number of fused-ring (bicyclic) bond motifs is 4. The first-order chi connectivity index (χ1) is 14.8. The monoisotopic (exact) mass is 445 g/mol. The summed E-state index contributed by atoms with van der Waals surface area (Å²) in [4.78, 5) is 0. The van der Waals surface area contributed by atoms with Gasteiger partial charge in [-0.3, -0.25) is 4.57 Å². The zero-order valence-corrected chi connectivity index (χ0v) is 19.8. The molecule has 2 atom stereocenters. The molecule has 0 radical (unpaired) electrons. The standard InChI is InChI=1S/C24H32NO5P/c1-6-29-31(26,30-7-2)15-16-11-12-20-18(13-16)24(3,4)19-14-28-23-17(22(19)25-20)9-8-10-21(23)27-5/h8-13,19,22,25H,6-7,14-15H2,1-5H3/t19-,22+/m0/s1. The van der Waals surface area contributed by atoms with Gasteiger partial charge in [0, 0.05) is 22.6 Å². The van der Waals surface area contributed by atoms with Crippen molar-refractivity contribution in [2.45, 2.75) is 45.3 Å². The van der Waals surface area contributed by atoms with Crippen molar-refractivity contribution in [3.63, 3.8) is 0 Å². The van der Waals surface area contributed by atoms with Crippen LogP contribution in [0.3, 0.4) is 0 Å². The van der Waals surface area contributed by atoms with Crippen LogP contribution in [0.4, 0.5) is 5.69 Å². The number of hydrogen-bond acceptors (Lipinski definition) is 6. The van der Waals surface area contributed by atoms with Crippen LogP contribution in [0.5, 0.6) is 11.5 Å². The zero-order valence-electron chi connectivity index (χ0n) is 18.9. The molecule has 2 aliphatic rings. The molecule has 2 heterocycles. The molecular formula is C24H32NO5P. The van der Waals surface area contributed by atoms with E-state index in [4.69, 9.17) is 18.5 Å². The lowest BCUT2D eigenvalue weighted by Gasteiger charge is -2.48. The number of anilines is 1. The fourth-order valence-corrected chi connectivity index (χ4v) is 6.53. The predicted molar refractivity (Wildman–Crippen MR) is 122 cm³/mol. The third kappa shape index (κ3) is 3.97. The van der Waals surface area contributed by atoms with Gasteiger partial charge < -0.3 is 23.8 Å². The molecule has 6 nitrogen and oxygen atoms in total. The normalized spacial score (nSPS) is 21.2. The van der Waals surface area contributed by atoms with Crippen molar-refractivity contribution in [1.29, 1.82) is 0 Å². The SMILES string of the molecule is CCOP(=O)(Cc1ccc2c(c1)C(C)(C)[C@H]1COc3c(OC)cccc3[C@H]1N2)OCC. The topological polar surface area (TPSA) is 66.0 Å². The maximum Gasteiger partial charge on any atom is 0.335 e. The Morgan fingerprint density at radius 1 is 1.16 bits per heavy atom. The van der Waals surface area contributed by atoms with Crippen LogP contribution in [0.25, 0.3) is 0 Å². The van der Waals surface area contributed by atoms with E-state index in [1.165, 1.54) is 5.56 Å². The summed E-state index contributed by atoms with van der Waals surface area (Å²) in [5.41, 5.74) is 4.21. The van der Waals surface area contributed by atoms with Crippen LogP contribution >= 0.6 is 7.60 Å². The van der Waals surface area contributed by atoms with E-state index < -0.39 is 7.60 Å². The number of nitrogens with one attached hydrogen (secondary N) is 1. The molecule has 1 N–H and O–H groups in total. The molecule has 0 saturated carbocycles. The second kappa shape index (κ2) is 8.50. The van der Waals surface area contributed by atoms with E-state index in [2.05, 4.69) is 37.4 Å². The van der Waals surface area contributed by atoms with Crippen LogP contribution in [0, 0.1) is 5.92 Å². The molecule has 168 valence electrons. The Morgan fingerprint density at radius 3 is 2.58 bits per heavy atom. The van der Waals surface area contributed by atoms with Gasteiger partial charge in [-0.2, -0.15) is 0 Å². The predicted octanol–water partition coefficient (Wildman–Crippen LogP) is 5.91. The van der Waals surface area contributed by atoms with Gasteiger partial charge in [0.25, 0.3) is 0 Å². The molecule has 4 rings (SSSR count). The van der Waals surface area contributed by atoms with Gasteiger partial charge in [0.05, 0.1) is 39.1 Å². The number of methoxy groups -OCH3 is 1. The lowest BCUT2D eigenvalue weighted by atomic mass is 9.65. The minimum atomic E-state index is -3.16. The molecule has 0 saturated heterocycles. The summed E-state index contributed by atoms with van der Waals surface area (Å²) in [7, 11) is -1.49. The quantitative estimate of drug-likeness (QED) is 0.534. The Hall–Kier alpha value is -2.01. The summed E-state index contributed by atoms with van der Waals surface area (Å²) < 4.78 is 35.8. The molecule has 0 aromatic heterocycles. The van der Waals surface area contributed by atoms with Crippen LogP contribution in [-0.4, -0.2) is 26.9 Å². The van der Waals surface area contributed by atoms with Crippen LogP contribution in [-0.2, 0) is 25.2 Å². The van der Waals surface area contributed by atoms with E-state index in [9.17, 15) is 4.57 Å². The van der Waals surface area contributed by atoms with Gasteiger partial charge in [-0.25, -0.2) is 0 Å². The Bertz CT molecular complexity index is 995. The summed E-state index contributed by atoms with van der Waals surface area (Å²) in [5.74, 6) is 1.82. The van der Waals surface area contributed by atoms with Crippen molar-refractivity contribution in [1.82, 2.24) is 0 Å². The van der Waals surface area contributed by atoms with Gasteiger partial charge in [0.15, 0.2) is 11.5 Å². The third-order valence-corrected chi connectivity index (χ3v) is 8.47. The van der Waals surface area contributed by atoms with Gasteiger partial charge >= 0.3 is 7.60 Å². The fourth-order valence-electron chi connectivity index (χ4n) is 4.84. The van der Waals surface area contributed by atoms with E-state index in [0.717, 1.165) is 28.3 Å². The van der Waals surface area contributed by atoms with Crippen LogP contribution in [0.1, 0.15) is 50.4 Å². The number of ether oxygens (including phenoxy) is 2.